The highest BCUT2D eigenvalue weighted by Crippen LogP contribution is 2.08. The topological polar surface area (TPSA) is 23.6 Å². The summed E-state index contributed by atoms with van der Waals surface area (Å²) in [4.78, 5) is 16.5. The van der Waals surface area contributed by atoms with E-state index >= 15 is 0 Å². The third-order valence-corrected chi connectivity index (χ3v) is 3.77. The third kappa shape index (κ3) is 4.22. The number of piperazine rings is 1. The molecule has 4 heteroatoms. The molecular weight excluding hydrogens is 260 g/mol. The summed E-state index contributed by atoms with van der Waals surface area (Å²) in [6, 6.07) is 8.19. The van der Waals surface area contributed by atoms with Gasteiger partial charge in [-0.3, -0.25) is 9.69 Å². The van der Waals surface area contributed by atoms with Crippen LogP contribution in [-0.2, 0) is 11.2 Å². The Hall–Kier alpha value is -1.06. The van der Waals surface area contributed by atoms with Gasteiger partial charge in [-0.1, -0.05) is 29.8 Å². The third-order valence-electron chi connectivity index (χ3n) is 3.60. The van der Waals surface area contributed by atoms with Crippen LogP contribution >= 0.6 is 11.6 Å². The predicted octanol–water partition coefficient (Wildman–Crippen LogP) is 1.92. The van der Waals surface area contributed by atoms with Crippen LogP contribution in [0.4, 0.5) is 0 Å². The van der Waals surface area contributed by atoms with Crippen LogP contribution < -0.4 is 0 Å². The number of amides is 1. The van der Waals surface area contributed by atoms with Crippen molar-refractivity contribution in [1.82, 2.24) is 9.80 Å². The summed E-state index contributed by atoms with van der Waals surface area (Å²) < 4.78 is 0. The molecule has 0 spiro atoms. The van der Waals surface area contributed by atoms with Crippen molar-refractivity contribution in [1.29, 1.82) is 0 Å². The van der Waals surface area contributed by atoms with Crippen LogP contribution in [0.5, 0.6) is 0 Å². The number of carbonyl (C=O) groups is 1. The molecule has 0 aliphatic carbocycles. The van der Waals surface area contributed by atoms with Gasteiger partial charge in [0.25, 0.3) is 0 Å². The molecule has 104 valence electrons. The average molecular weight is 281 g/mol. The summed E-state index contributed by atoms with van der Waals surface area (Å²) in [6.07, 6.45) is 0.510. The van der Waals surface area contributed by atoms with Crippen LogP contribution in [-0.4, -0.2) is 54.3 Å². The second-order valence-electron chi connectivity index (χ2n) is 5.07. The Morgan fingerprint density at radius 2 is 1.79 bits per heavy atom. The molecule has 1 saturated heterocycles. The normalized spacial score (nSPS) is 16.6. The standard InChI is InChI=1S/C15H21ClN2O/c1-13-2-4-14(5-3-13)12-15(19)18-10-8-17(7-6-16)9-11-18/h2-5H,6-12H2,1H3. The van der Waals surface area contributed by atoms with Gasteiger partial charge in [-0.05, 0) is 12.5 Å². The second-order valence-corrected chi connectivity index (χ2v) is 5.45. The van der Waals surface area contributed by atoms with Crippen molar-refractivity contribution in [3.63, 3.8) is 0 Å². The summed E-state index contributed by atoms with van der Waals surface area (Å²) in [6.45, 7) is 6.49. The maximum Gasteiger partial charge on any atom is 0.227 e. The van der Waals surface area contributed by atoms with Crippen molar-refractivity contribution < 1.29 is 4.79 Å². The van der Waals surface area contributed by atoms with Gasteiger partial charge in [0.2, 0.25) is 5.91 Å². The number of hydrogen-bond acceptors (Lipinski definition) is 2. The number of aryl methyl sites for hydroxylation is 1. The molecular formula is C15H21ClN2O. The van der Waals surface area contributed by atoms with Gasteiger partial charge in [-0.2, -0.15) is 0 Å². The molecule has 0 unspecified atom stereocenters. The molecule has 1 aliphatic rings. The number of alkyl halides is 1. The number of nitrogens with zero attached hydrogens (tertiary/aromatic N) is 2. The summed E-state index contributed by atoms with van der Waals surface area (Å²) in [5, 5.41) is 0. The van der Waals surface area contributed by atoms with Gasteiger partial charge in [0.05, 0.1) is 6.42 Å². The smallest absolute Gasteiger partial charge is 0.227 e. The van der Waals surface area contributed by atoms with Gasteiger partial charge in [0, 0.05) is 38.6 Å². The lowest BCUT2D eigenvalue weighted by Gasteiger charge is -2.34. The van der Waals surface area contributed by atoms with E-state index in [0.717, 1.165) is 38.3 Å². The van der Waals surface area contributed by atoms with E-state index in [1.165, 1.54) is 5.56 Å². The van der Waals surface area contributed by atoms with Crippen LogP contribution in [0.15, 0.2) is 24.3 Å². The quantitative estimate of drug-likeness (QED) is 0.787. The molecule has 2 rings (SSSR count). The first-order valence-electron chi connectivity index (χ1n) is 6.80. The Morgan fingerprint density at radius 1 is 1.16 bits per heavy atom. The second kappa shape index (κ2) is 6.92. The molecule has 0 aromatic heterocycles. The van der Waals surface area contributed by atoms with E-state index in [0.29, 0.717) is 12.3 Å². The lowest BCUT2D eigenvalue weighted by molar-refractivity contribution is -0.132. The molecule has 1 fully saturated rings. The lowest BCUT2D eigenvalue weighted by Crippen LogP contribution is -2.49. The van der Waals surface area contributed by atoms with E-state index in [1.54, 1.807) is 0 Å². The van der Waals surface area contributed by atoms with Gasteiger partial charge in [0.15, 0.2) is 0 Å². The Balaban J connectivity index is 1.83. The fourth-order valence-corrected chi connectivity index (χ4v) is 2.57. The number of rotatable bonds is 4. The highest BCUT2D eigenvalue weighted by molar-refractivity contribution is 6.18. The maximum absolute atomic E-state index is 12.2. The number of benzene rings is 1. The molecule has 0 atom stereocenters. The molecule has 3 nitrogen and oxygen atoms in total. The Kier molecular flexibility index (Phi) is 5.23. The molecule has 0 saturated carbocycles. The average Bonchev–Trinajstić information content (AvgIpc) is 2.42. The van der Waals surface area contributed by atoms with Crippen molar-refractivity contribution in [3.05, 3.63) is 35.4 Å². The maximum atomic E-state index is 12.2. The first-order valence-corrected chi connectivity index (χ1v) is 7.34. The van der Waals surface area contributed by atoms with Gasteiger partial charge in [0.1, 0.15) is 0 Å². The fourth-order valence-electron chi connectivity index (χ4n) is 2.33. The Labute approximate surface area is 120 Å². The van der Waals surface area contributed by atoms with Crippen molar-refractivity contribution in [2.75, 3.05) is 38.6 Å². The summed E-state index contributed by atoms with van der Waals surface area (Å²) in [5.74, 6) is 0.895. The van der Waals surface area contributed by atoms with E-state index in [2.05, 4.69) is 24.0 Å². The molecule has 0 N–H and O–H groups in total. The first-order chi connectivity index (χ1) is 9.19. The Morgan fingerprint density at radius 3 is 2.37 bits per heavy atom. The first kappa shape index (κ1) is 14.4. The highest BCUT2D eigenvalue weighted by Gasteiger charge is 2.20. The van der Waals surface area contributed by atoms with Gasteiger partial charge < -0.3 is 4.90 Å². The molecule has 1 aliphatic heterocycles. The zero-order valence-corrected chi connectivity index (χ0v) is 12.2. The molecule has 1 aromatic rings. The SMILES string of the molecule is Cc1ccc(CC(=O)N2CCN(CCCl)CC2)cc1. The van der Waals surface area contributed by atoms with E-state index in [-0.39, 0.29) is 5.91 Å². The van der Waals surface area contributed by atoms with Gasteiger partial charge >= 0.3 is 0 Å². The molecule has 0 bridgehead atoms. The Bertz CT molecular complexity index is 411. The van der Waals surface area contributed by atoms with Crippen LogP contribution in [0, 0.1) is 6.92 Å². The summed E-state index contributed by atoms with van der Waals surface area (Å²) >= 11 is 5.73. The minimum Gasteiger partial charge on any atom is -0.340 e. The van der Waals surface area contributed by atoms with E-state index in [9.17, 15) is 4.79 Å². The monoisotopic (exact) mass is 280 g/mol. The molecule has 0 radical (unpaired) electrons. The van der Waals surface area contributed by atoms with E-state index < -0.39 is 0 Å². The van der Waals surface area contributed by atoms with E-state index in [4.69, 9.17) is 11.6 Å². The molecule has 1 amide bonds. The predicted molar refractivity (Wildman–Crippen MR) is 78.6 cm³/mol. The minimum absolute atomic E-state index is 0.231. The molecule has 1 heterocycles. The van der Waals surface area contributed by atoms with Crippen LogP contribution in [0.2, 0.25) is 0 Å². The van der Waals surface area contributed by atoms with Crippen molar-refractivity contribution in [2.45, 2.75) is 13.3 Å². The number of carbonyl (C=O) groups excluding carboxylic acids is 1. The lowest BCUT2D eigenvalue weighted by atomic mass is 10.1. The number of hydrogen-bond donors (Lipinski definition) is 0. The van der Waals surface area contributed by atoms with Crippen LogP contribution in [0.3, 0.4) is 0 Å². The van der Waals surface area contributed by atoms with Gasteiger partial charge in [-0.15, -0.1) is 11.6 Å². The number of halogens is 1. The fraction of sp³-hybridized carbons (Fsp3) is 0.533. The molecule has 19 heavy (non-hydrogen) atoms. The van der Waals surface area contributed by atoms with Gasteiger partial charge in [-0.25, -0.2) is 0 Å². The summed E-state index contributed by atoms with van der Waals surface area (Å²) in [7, 11) is 0. The summed E-state index contributed by atoms with van der Waals surface area (Å²) in [5.41, 5.74) is 2.32. The highest BCUT2D eigenvalue weighted by atomic mass is 35.5. The zero-order chi connectivity index (χ0) is 13.7. The van der Waals surface area contributed by atoms with Crippen molar-refractivity contribution in [3.8, 4) is 0 Å². The van der Waals surface area contributed by atoms with Crippen molar-refractivity contribution >= 4 is 17.5 Å². The largest absolute Gasteiger partial charge is 0.340 e. The van der Waals surface area contributed by atoms with Crippen LogP contribution in [0.25, 0.3) is 0 Å². The van der Waals surface area contributed by atoms with Crippen molar-refractivity contribution in [2.24, 2.45) is 0 Å². The van der Waals surface area contributed by atoms with Crippen LogP contribution in [0.1, 0.15) is 11.1 Å². The zero-order valence-electron chi connectivity index (χ0n) is 11.4. The van der Waals surface area contributed by atoms with E-state index in [1.807, 2.05) is 17.0 Å². The minimum atomic E-state index is 0.231. The molecule has 1 aromatic carbocycles.